The van der Waals surface area contributed by atoms with Crippen molar-refractivity contribution in [3.63, 3.8) is 0 Å². The third-order valence-corrected chi connectivity index (χ3v) is 4.15. The molecule has 1 aromatic heterocycles. The predicted molar refractivity (Wildman–Crippen MR) is 108 cm³/mol. The molecule has 0 radical (unpaired) electrons. The summed E-state index contributed by atoms with van der Waals surface area (Å²) in [5.41, 5.74) is -0.521. The van der Waals surface area contributed by atoms with Gasteiger partial charge in [0.05, 0.1) is 25.1 Å². The van der Waals surface area contributed by atoms with E-state index in [9.17, 15) is 14.4 Å². The Balaban J connectivity index is 0.000000330. The quantitative estimate of drug-likeness (QED) is 0.312. The first-order chi connectivity index (χ1) is 14.6. The van der Waals surface area contributed by atoms with Crippen LogP contribution < -0.4 is 5.32 Å². The van der Waals surface area contributed by atoms with E-state index in [4.69, 9.17) is 25.2 Å². The van der Waals surface area contributed by atoms with E-state index in [1.165, 1.54) is 0 Å². The Morgan fingerprint density at radius 2 is 1.68 bits per heavy atom. The lowest BCUT2D eigenvalue weighted by Crippen LogP contribution is -2.42. The van der Waals surface area contributed by atoms with Gasteiger partial charge in [-0.15, -0.1) is 0 Å². The number of benzene rings is 1. The molecular formula is C20H27N3O8. The Labute approximate surface area is 178 Å². The van der Waals surface area contributed by atoms with Crippen LogP contribution in [0.1, 0.15) is 30.2 Å². The van der Waals surface area contributed by atoms with E-state index < -0.39 is 36.4 Å². The molecule has 0 fully saturated rings. The highest BCUT2D eigenvalue weighted by molar-refractivity contribution is 5.88. The normalized spacial score (nSPS) is 11.8. The lowest BCUT2D eigenvalue weighted by molar-refractivity contribution is -0.170. The fourth-order valence-electron chi connectivity index (χ4n) is 2.61. The van der Waals surface area contributed by atoms with Crippen molar-refractivity contribution in [3.05, 3.63) is 53.9 Å². The molecule has 2 rings (SSSR count). The third-order valence-electron chi connectivity index (χ3n) is 4.15. The van der Waals surface area contributed by atoms with Gasteiger partial charge in [-0.05, 0) is 18.7 Å². The van der Waals surface area contributed by atoms with Crippen molar-refractivity contribution in [3.8, 4) is 0 Å². The molecule has 1 heterocycles. The van der Waals surface area contributed by atoms with Crippen LogP contribution in [0.4, 0.5) is 0 Å². The summed E-state index contributed by atoms with van der Waals surface area (Å²) in [5, 5.41) is 41.1. The average molecular weight is 437 g/mol. The van der Waals surface area contributed by atoms with E-state index in [-0.39, 0.29) is 6.10 Å². The lowest BCUT2D eigenvalue weighted by atomic mass is 9.96. The molecule has 0 aliphatic heterocycles. The largest absolute Gasteiger partial charge is 0.481 e. The second kappa shape index (κ2) is 12.4. The zero-order valence-corrected chi connectivity index (χ0v) is 17.3. The topological polar surface area (TPSA) is 171 Å². The van der Waals surface area contributed by atoms with Crippen molar-refractivity contribution in [1.29, 1.82) is 0 Å². The molecule has 1 aromatic carbocycles. The van der Waals surface area contributed by atoms with E-state index in [0.29, 0.717) is 6.61 Å². The molecule has 0 saturated carbocycles. The number of ether oxygens (including phenoxy) is 1. The van der Waals surface area contributed by atoms with E-state index in [1.807, 2.05) is 43.0 Å². The van der Waals surface area contributed by atoms with Crippen LogP contribution in [0.2, 0.25) is 0 Å². The van der Waals surface area contributed by atoms with Crippen LogP contribution in [-0.4, -0.2) is 73.9 Å². The first-order valence-electron chi connectivity index (χ1n) is 9.29. The molecular weight excluding hydrogens is 410 g/mol. The molecule has 0 spiro atoms. The number of aromatic nitrogens is 2. The number of rotatable bonds is 11. The van der Waals surface area contributed by atoms with Gasteiger partial charge < -0.3 is 30.5 Å². The summed E-state index contributed by atoms with van der Waals surface area (Å²) in [6, 6.07) is 12.2. The zero-order valence-electron chi connectivity index (χ0n) is 17.3. The van der Waals surface area contributed by atoms with E-state index in [2.05, 4.69) is 22.5 Å². The maximum absolute atomic E-state index is 10.3. The Morgan fingerprint density at radius 1 is 1.10 bits per heavy atom. The molecule has 170 valence electrons. The van der Waals surface area contributed by atoms with E-state index >= 15 is 0 Å². The number of carbonyl (C=O) groups is 3. The standard InChI is InChI=1S/C14H19N3O.C6H8O7/c1-15-10-11-18-14(12-6-4-3-5-7-12)13-8-9-16-17(13)2;7-3(8)1-6(13,5(11)12)2-4(9)10/h3-9,14-15H,10-11H2,1-2H3;13H,1-2H2,(H,7,8)(H,9,10)(H,11,12)/t14-;/m1./s1. The van der Waals surface area contributed by atoms with Crippen molar-refractivity contribution in [1.82, 2.24) is 15.1 Å². The molecule has 11 nitrogen and oxygen atoms in total. The van der Waals surface area contributed by atoms with Gasteiger partial charge in [0, 0.05) is 19.8 Å². The number of aliphatic hydroxyl groups is 1. The van der Waals surface area contributed by atoms with Gasteiger partial charge in [0.15, 0.2) is 5.60 Å². The minimum atomic E-state index is -2.74. The van der Waals surface area contributed by atoms with Crippen LogP contribution in [0.3, 0.4) is 0 Å². The van der Waals surface area contributed by atoms with Crippen molar-refractivity contribution in [2.24, 2.45) is 7.05 Å². The van der Waals surface area contributed by atoms with Crippen molar-refractivity contribution in [2.75, 3.05) is 20.2 Å². The Bertz CT molecular complexity index is 837. The highest BCUT2D eigenvalue weighted by Gasteiger charge is 2.40. The number of nitrogens with zero attached hydrogens (tertiary/aromatic N) is 2. The average Bonchev–Trinajstić information content (AvgIpc) is 3.11. The number of hydrogen-bond donors (Lipinski definition) is 5. The minimum Gasteiger partial charge on any atom is -0.481 e. The summed E-state index contributed by atoms with van der Waals surface area (Å²) in [4.78, 5) is 30.5. The van der Waals surface area contributed by atoms with Crippen molar-refractivity contribution in [2.45, 2.75) is 24.5 Å². The van der Waals surface area contributed by atoms with Gasteiger partial charge in [-0.1, -0.05) is 30.3 Å². The van der Waals surface area contributed by atoms with Gasteiger partial charge in [0.1, 0.15) is 6.10 Å². The summed E-state index contributed by atoms with van der Waals surface area (Å²) < 4.78 is 7.83. The van der Waals surface area contributed by atoms with Crippen molar-refractivity contribution < 1.29 is 39.5 Å². The maximum atomic E-state index is 10.3. The highest BCUT2D eigenvalue weighted by Crippen LogP contribution is 2.25. The summed E-state index contributed by atoms with van der Waals surface area (Å²) in [6.45, 7) is 1.50. The fraction of sp³-hybridized carbons (Fsp3) is 0.400. The molecule has 1 atom stereocenters. The number of aliphatic carboxylic acids is 3. The number of carboxylic acids is 3. The fourth-order valence-corrected chi connectivity index (χ4v) is 2.61. The second-order valence-corrected chi connectivity index (χ2v) is 6.62. The third kappa shape index (κ3) is 8.54. The van der Waals surface area contributed by atoms with Gasteiger partial charge in [-0.2, -0.15) is 5.10 Å². The number of carboxylic acid groups (broad SMARTS) is 3. The molecule has 11 heteroatoms. The zero-order chi connectivity index (χ0) is 23.4. The minimum absolute atomic E-state index is 0.0629. The lowest BCUT2D eigenvalue weighted by Gasteiger charge is -2.18. The molecule has 0 saturated heterocycles. The molecule has 0 bridgehead atoms. The van der Waals surface area contributed by atoms with Crippen LogP contribution in [0.5, 0.6) is 0 Å². The summed E-state index contributed by atoms with van der Waals surface area (Å²) in [6.07, 6.45) is -0.553. The number of hydrogen-bond acceptors (Lipinski definition) is 7. The summed E-state index contributed by atoms with van der Waals surface area (Å²) in [5.74, 6) is -5.02. The predicted octanol–water partition coefficient (Wildman–Crippen LogP) is 0.497. The van der Waals surface area contributed by atoms with Gasteiger partial charge in [0.25, 0.3) is 0 Å². The van der Waals surface area contributed by atoms with Crippen LogP contribution in [0.25, 0.3) is 0 Å². The molecule has 0 amide bonds. The molecule has 0 aliphatic rings. The first kappa shape index (κ1) is 25.8. The molecule has 0 aliphatic carbocycles. The smallest absolute Gasteiger partial charge is 0.336 e. The Hall–Kier alpha value is -3.28. The summed E-state index contributed by atoms with van der Waals surface area (Å²) >= 11 is 0. The Kier molecular flexibility index (Phi) is 10.3. The Morgan fingerprint density at radius 3 is 2.10 bits per heavy atom. The van der Waals surface area contributed by atoms with Crippen LogP contribution >= 0.6 is 0 Å². The SMILES string of the molecule is CNCCO[C@H](c1ccccc1)c1ccnn1C.O=C(O)CC(O)(CC(=O)O)C(=O)O. The van der Waals surface area contributed by atoms with Crippen LogP contribution in [0, 0.1) is 0 Å². The monoisotopic (exact) mass is 437 g/mol. The van der Waals surface area contributed by atoms with Gasteiger partial charge in [-0.25, -0.2) is 4.79 Å². The maximum Gasteiger partial charge on any atom is 0.336 e. The van der Waals surface area contributed by atoms with Crippen molar-refractivity contribution >= 4 is 17.9 Å². The van der Waals surface area contributed by atoms with Crippen LogP contribution in [-0.2, 0) is 26.2 Å². The van der Waals surface area contributed by atoms with E-state index in [1.54, 1.807) is 6.20 Å². The number of nitrogens with one attached hydrogen (secondary N) is 1. The molecule has 0 unspecified atom stereocenters. The number of aryl methyl sites for hydroxylation is 1. The highest BCUT2D eigenvalue weighted by atomic mass is 16.5. The molecule has 5 N–H and O–H groups in total. The first-order valence-corrected chi connectivity index (χ1v) is 9.29. The van der Waals surface area contributed by atoms with Crippen LogP contribution in [0.15, 0.2) is 42.6 Å². The van der Waals surface area contributed by atoms with E-state index in [0.717, 1.165) is 17.8 Å². The summed E-state index contributed by atoms with van der Waals surface area (Å²) in [7, 11) is 3.86. The molecule has 2 aromatic rings. The second-order valence-electron chi connectivity index (χ2n) is 6.62. The van der Waals surface area contributed by atoms with Gasteiger partial charge >= 0.3 is 17.9 Å². The van der Waals surface area contributed by atoms with Gasteiger partial charge in [0.2, 0.25) is 0 Å². The number of likely N-dealkylation sites (N-methyl/N-ethyl adjacent to an activating group) is 1. The van der Waals surface area contributed by atoms with Gasteiger partial charge in [-0.3, -0.25) is 14.3 Å². The molecule has 31 heavy (non-hydrogen) atoms.